The SMILES string of the molecule is NC(C(=O)O)(c1ccccc1)c1c(Cl)cccc1Cl.[Ca+2].[H-].[H-]. The van der Waals surface area contributed by atoms with Gasteiger partial charge in [0.05, 0.1) is 0 Å². The van der Waals surface area contributed by atoms with Crippen molar-refractivity contribution < 1.29 is 12.8 Å². The van der Waals surface area contributed by atoms with Gasteiger partial charge in [-0.1, -0.05) is 59.6 Å². The number of carboxylic acid groups (broad SMARTS) is 1. The van der Waals surface area contributed by atoms with Crippen molar-refractivity contribution >= 4 is 66.9 Å². The monoisotopic (exact) mass is 337 g/mol. The molecule has 0 bridgehead atoms. The number of hydrogen-bond acceptors (Lipinski definition) is 2. The van der Waals surface area contributed by atoms with E-state index in [0.717, 1.165) is 0 Å². The molecule has 0 aliphatic rings. The summed E-state index contributed by atoms with van der Waals surface area (Å²) in [6.45, 7) is 0. The van der Waals surface area contributed by atoms with Gasteiger partial charge in [0.25, 0.3) is 0 Å². The Kier molecular flexibility index (Phi) is 6.32. The van der Waals surface area contributed by atoms with Gasteiger partial charge in [-0.2, -0.15) is 0 Å². The molecule has 2 rings (SSSR count). The Labute approximate surface area is 159 Å². The second-order valence-corrected chi connectivity index (χ2v) is 4.89. The molecule has 0 aliphatic carbocycles. The van der Waals surface area contributed by atoms with E-state index >= 15 is 0 Å². The van der Waals surface area contributed by atoms with Crippen LogP contribution in [0.25, 0.3) is 0 Å². The first-order chi connectivity index (χ1) is 8.98. The van der Waals surface area contributed by atoms with Gasteiger partial charge in [0, 0.05) is 15.6 Å². The minimum Gasteiger partial charge on any atom is -1.00 e. The molecule has 0 heterocycles. The van der Waals surface area contributed by atoms with Crippen LogP contribution in [0.15, 0.2) is 48.5 Å². The summed E-state index contributed by atoms with van der Waals surface area (Å²) in [7, 11) is 0. The largest absolute Gasteiger partial charge is 2.00 e. The summed E-state index contributed by atoms with van der Waals surface area (Å²) in [5.41, 5.74) is 4.94. The summed E-state index contributed by atoms with van der Waals surface area (Å²) < 4.78 is 0. The topological polar surface area (TPSA) is 63.3 Å². The minimum atomic E-state index is -1.78. The van der Waals surface area contributed by atoms with Crippen molar-refractivity contribution in [3.05, 3.63) is 69.7 Å². The third-order valence-electron chi connectivity index (χ3n) is 2.92. The molecule has 3 nitrogen and oxygen atoms in total. The summed E-state index contributed by atoms with van der Waals surface area (Å²) in [6.07, 6.45) is 0. The Balaban J connectivity index is 0. The molecular formula is C14H13CaCl2NO2. The van der Waals surface area contributed by atoms with Crippen LogP contribution in [0, 0.1) is 0 Å². The van der Waals surface area contributed by atoms with Crippen molar-refractivity contribution in [2.75, 3.05) is 0 Å². The fourth-order valence-corrected chi connectivity index (χ4v) is 2.65. The van der Waals surface area contributed by atoms with E-state index in [1.807, 2.05) is 0 Å². The van der Waals surface area contributed by atoms with Crippen molar-refractivity contribution in [1.29, 1.82) is 0 Å². The zero-order valence-electron chi connectivity index (χ0n) is 12.5. The maximum atomic E-state index is 11.7. The Bertz CT molecular complexity index is 611. The second-order valence-electron chi connectivity index (χ2n) is 4.08. The Hall–Kier alpha value is -0.290. The van der Waals surface area contributed by atoms with Crippen LogP contribution in [-0.2, 0) is 10.3 Å². The smallest absolute Gasteiger partial charge is 1.00 e. The third kappa shape index (κ3) is 3.14. The van der Waals surface area contributed by atoms with Crippen LogP contribution in [0.1, 0.15) is 14.0 Å². The molecule has 0 aliphatic heterocycles. The molecule has 20 heavy (non-hydrogen) atoms. The molecule has 1 atom stereocenters. The van der Waals surface area contributed by atoms with Gasteiger partial charge < -0.3 is 13.7 Å². The van der Waals surface area contributed by atoms with Gasteiger partial charge in [-0.05, 0) is 17.7 Å². The van der Waals surface area contributed by atoms with E-state index in [-0.39, 0.29) is 56.2 Å². The van der Waals surface area contributed by atoms with Gasteiger partial charge >= 0.3 is 43.7 Å². The van der Waals surface area contributed by atoms with Crippen LogP contribution >= 0.6 is 23.2 Å². The molecule has 0 aromatic heterocycles. The Morgan fingerprint density at radius 1 is 1.05 bits per heavy atom. The van der Waals surface area contributed by atoms with Crippen molar-refractivity contribution in [2.45, 2.75) is 5.54 Å². The van der Waals surface area contributed by atoms with E-state index in [1.54, 1.807) is 48.5 Å². The average molecular weight is 338 g/mol. The molecule has 102 valence electrons. The predicted octanol–water partition coefficient (Wildman–Crippen LogP) is 3.12. The maximum Gasteiger partial charge on any atom is 2.00 e. The molecule has 0 radical (unpaired) electrons. The number of hydrogen-bond donors (Lipinski definition) is 2. The quantitative estimate of drug-likeness (QED) is 0.845. The summed E-state index contributed by atoms with van der Waals surface area (Å²) >= 11 is 12.2. The van der Waals surface area contributed by atoms with Crippen molar-refractivity contribution in [3.8, 4) is 0 Å². The van der Waals surface area contributed by atoms with E-state index in [9.17, 15) is 9.90 Å². The summed E-state index contributed by atoms with van der Waals surface area (Å²) in [5, 5.41) is 9.99. The van der Waals surface area contributed by atoms with E-state index in [1.165, 1.54) is 0 Å². The van der Waals surface area contributed by atoms with Crippen LogP contribution in [0.5, 0.6) is 0 Å². The maximum absolute atomic E-state index is 11.7. The molecule has 0 saturated heterocycles. The summed E-state index contributed by atoms with van der Waals surface area (Å²) in [6, 6.07) is 13.2. The number of rotatable bonds is 3. The van der Waals surface area contributed by atoms with Gasteiger partial charge in [0.2, 0.25) is 0 Å². The fourth-order valence-electron chi connectivity index (χ4n) is 1.95. The van der Waals surface area contributed by atoms with Crippen molar-refractivity contribution in [3.63, 3.8) is 0 Å². The molecule has 6 heteroatoms. The van der Waals surface area contributed by atoms with Crippen LogP contribution in [0.4, 0.5) is 0 Å². The molecule has 2 aromatic carbocycles. The molecule has 0 saturated carbocycles. The van der Waals surface area contributed by atoms with Gasteiger partial charge in [0.1, 0.15) is 0 Å². The first-order valence-corrected chi connectivity index (χ1v) is 6.26. The first-order valence-electron chi connectivity index (χ1n) is 5.50. The third-order valence-corrected chi connectivity index (χ3v) is 3.55. The number of halogens is 2. The number of carboxylic acids is 1. The van der Waals surface area contributed by atoms with E-state index in [4.69, 9.17) is 28.9 Å². The zero-order chi connectivity index (χ0) is 14.0. The minimum absolute atomic E-state index is 0. The zero-order valence-corrected chi connectivity index (χ0v) is 14.2. The number of carbonyl (C=O) groups is 1. The molecule has 3 N–H and O–H groups in total. The first kappa shape index (κ1) is 17.8. The van der Waals surface area contributed by atoms with Crippen LogP contribution < -0.4 is 5.73 Å². The van der Waals surface area contributed by atoms with Gasteiger partial charge in [-0.3, -0.25) is 0 Å². The van der Waals surface area contributed by atoms with Crippen molar-refractivity contribution in [1.82, 2.24) is 0 Å². The molecule has 2 aromatic rings. The summed E-state index contributed by atoms with van der Waals surface area (Å²) in [4.78, 5) is 11.7. The number of nitrogens with two attached hydrogens (primary N) is 1. The van der Waals surface area contributed by atoms with E-state index in [2.05, 4.69) is 0 Å². The normalized spacial score (nSPS) is 13.2. The second kappa shape index (κ2) is 7.12. The van der Waals surface area contributed by atoms with Crippen LogP contribution in [0.3, 0.4) is 0 Å². The van der Waals surface area contributed by atoms with E-state index < -0.39 is 11.5 Å². The molecule has 0 fully saturated rings. The van der Waals surface area contributed by atoms with Crippen molar-refractivity contribution in [2.24, 2.45) is 5.73 Å². The Morgan fingerprint density at radius 2 is 1.55 bits per heavy atom. The van der Waals surface area contributed by atoms with Gasteiger partial charge in [-0.15, -0.1) is 0 Å². The molecular weight excluding hydrogens is 325 g/mol. The van der Waals surface area contributed by atoms with Crippen LogP contribution in [-0.4, -0.2) is 48.8 Å². The number of aliphatic carboxylic acids is 1. The molecule has 0 spiro atoms. The van der Waals surface area contributed by atoms with E-state index in [0.29, 0.717) is 5.56 Å². The standard InChI is InChI=1S/C14H11Cl2NO2.Ca.2H/c15-10-7-4-8-11(16)12(10)14(17,13(18)19)9-5-2-1-3-6-9;;;/h1-8H,17H2,(H,18,19);;;/q;+2;2*-1. The fraction of sp³-hybridized carbons (Fsp3) is 0.0714. The molecule has 0 amide bonds. The average Bonchev–Trinajstić information content (AvgIpc) is 2.39. The summed E-state index contributed by atoms with van der Waals surface area (Å²) in [5.74, 6) is -1.21. The molecule has 1 unspecified atom stereocenters. The van der Waals surface area contributed by atoms with Gasteiger partial charge in [-0.25, -0.2) is 4.79 Å². The predicted molar refractivity (Wildman–Crippen MR) is 83.5 cm³/mol. The number of benzene rings is 2. The van der Waals surface area contributed by atoms with Crippen LogP contribution in [0.2, 0.25) is 10.0 Å². The Morgan fingerprint density at radius 3 is 2.00 bits per heavy atom. The van der Waals surface area contributed by atoms with Gasteiger partial charge in [0.15, 0.2) is 5.54 Å².